The molecule has 4 nitrogen and oxygen atoms in total. The molecule has 0 fully saturated rings. The Hall–Kier alpha value is -0.730. The summed E-state index contributed by atoms with van der Waals surface area (Å²) in [7, 11) is -3.51. The largest absolute Gasteiger partial charge is 0.391 e. The van der Waals surface area contributed by atoms with Gasteiger partial charge in [-0.25, -0.2) is 13.1 Å². The summed E-state index contributed by atoms with van der Waals surface area (Å²) in [4.78, 5) is 3.26. The van der Waals surface area contributed by atoms with Crippen LogP contribution >= 0.6 is 22.7 Å². The van der Waals surface area contributed by atoms with Crippen LogP contribution in [0.1, 0.15) is 21.6 Å². The van der Waals surface area contributed by atoms with Gasteiger partial charge in [0.25, 0.3) is 0 Å². The van der Waals surface area contributed by atoms with Crippen LogP contribution in [0.3, 0.4) is 0 Å². The van der Waals surface area contributed by atoms with E-state index in [1.165, 1.54) is 27.2 Å². The summed E-state index contributed by atoms with van der Waals surface area (Å²) in [5, 5.41) is 10.5. The van der Waals surface area contributed by atoms with Gasteiger partial charge in [-0.05, 0) is 38.5 Å². The Balaban J connectivity index is 2.04. The molecule has 0 saturated carbocycles. The Kier molecular flexibility index (Phi) is 4.98. The van der Waals surface area contributed by atoms with Crippen LogP contribution in [0.2, 0.25) is 0 Å². The average Bonchev–Trinajstić information content (AvgIpc) is 2.97. The van der Waals surface area contributed by atoms with Gasteiger partial charge in [-0.15, -0.1) is 22.7 Å². The molecule has 0 bridgehead atoms. The van der Waals surface area contributed by atoms with E-state index in [0.29, 0.717) is 11.3 Å². The Morgan fingerprint density at radius 2 is 2.10 bits per heavy atom. The molecule has 0 amide bonds. The Labute approximate surface area is 127 Å². The van der Waals surface area contributed by atoms with Crippen molar-refractivity contribution in [2.45, 2.75) is 37.8 Å². The first-order valence-corrected chi connectivity index (χ1v) is 9.34. The van der Waals surface area contributed by atoms with Crippen molar-refractivity contribution in [1.82, 2.24) is 4.72 Å². The predicted octanol–water partition coefficient (Wildman–Crippen LogP) is 2.52. The van der Waals surface area contributed by atoms with Gasteiger partial charge < -0.3 is 5.11 Å². The molecule has 0 aliphatic heterocycles. The summed E-state index contributed by atoms with van der Waals surface area (Å²) in [6.07, 6.45) is 0.675. The van der Waals surface area contributed by atoms with Crippen LogP contribution in [0.4, 0.5) is 0 Å². The van der Waals surface area contributed by atoms with Crippen LogP contribution in [-0.4, -0.2) is 19.6 Å². The van der Waals surface area contributed by atoms with E-state index >= 15 is 0 Å². The molecule has 7 heteroatoms. The number of nitrogens with one attached hydrogen (secondary N) is 1. The molecule has 110 valence electrons. The molecule has 2 aromatic rings. The lowest BCUT2D eigenvalue weighted by atomic mass is 10.2. The Bertz CT molecular complexity index is 673. The molecule has 1 atom stereocenters. The van der Waals surface area contributed by atoms with Crippen molar-refractivity contribution in [3.05, 3.63) is 38.2 Å². The number of hydrogen-bond acceptors (Lipinski definition) is 5. The van der Waals surface area contributed by atoms with Gasteiger partial charge in [-0.2, -0.15) is 0 Å². The van der Waals surface area contributed by atoms with Crippen LogP contribution in [0, 0.1) is 6.92 Å². The third kappa shape index (κ3) is 3.89. The molecule has 2 rings (SSSR count). The summed E-state index contributed by atoms with van der Waals surface area (Å²) in [6.45, 7) is 3.75. The van der Waals surface area contributed by atoms with E-state index in [9.17, 15) is 8.42 Å². The standard InChI is InChI=1S/C13H17NO3S3/c1-9(5-11-4-3-10(2)19-11)14-20(16,17)13-6-12(7-15)18-8-13/h3-4,6,8-9,14-15H,5,7H2,1-2H3. The van der Waals surface area contributed by atoms with Crippen LogP contribution in [0.25, 0.3) is 0 Å². The van der Waals surface area contributed by atoms with Crippen molar-refractivity contribution in [2.24, 2.45) is 0 Å². The molecular formula is C13H17NO3S3. The highest BCUT2D eigenvalue weighted by molar-refractivity contribution is 7.89. The van der Waals surface area contributed by atoms with Crippen LogP contribution in [0.15, 0.2) is 28.5 Å². The molecule has 0 spiro atoms. The van der Waals surface area contributed by atoms with E-state index in [-0.39, 0.29) is 17.5 Å². The topological polar surface area (TPSA) is 66.4 Å². The number of rotatable bonds is 6. The zero-order chi connectivity index (χ0) is 14.8. The summed E-state index contributed by atoms with van der Waals surface area (Å²) in [5.41, 5.74) is 0. The van der Waals surface area contributed by atoms with Crippen LogP contribution in [0.5, 0.6) is 0 Å². The molecule has 2 heterocycles. The molecule has 0 saturated heterocycles. The van der Waals surface area contributed by atoms with Crippen molar-refractivity contribution in [1.29, 1.82) is 0 Å². The normalized spacial score (nSPS) is 13.6. The molecule has 2 aromatic heterocycles. The number of aliphatic hydroxyl groups is 1. The highest BCUT2D eigenvalue weighted by Gasteiger charge is 2.19. The quantitative estimate of drug-likeness (QED) is 0.855. The second-order valence-corrected chi connectivity index (χ2v) is 8.73. The third-order valence-corrected chi connectivity index (χ3v) is 6.42. The SMILES string of the molecule is Cc1ccc(CC(C)NS(=O)(=O)c2csc(CO)c2)s1. The zero-order valence-corrected chi connectivity index (χ0v) is 13.7. The fourth-order valence-corrected chi connectivity index (χ4v) is 5.25. The van der Waals surface area contributed by atoms with Crippen molar-refractivity contribution < 1.29 is 13.5 Å². The van der Waals surface area contributed by atoms with E-state index in [1.54, 1.807) is 16.7 Å². The Morgan fingerprint density at radius 1 is 1.35 bits per heavy atom. The first kappa shape index (κ1) is 15.7. The monoisotopic (exact) mass is 331 g/mol. The van der Waals surface area contributed by atoms with Gasteiger partial charge in [0.15, 0.2) is 0 Å². The first-order valence-electron chi connectivity index (χ1n) is 6.16. The van der Waals surface area contributed by atoms with E-state index in [1.807, 2.05) is 26.0 Å². The lowest BCUT2D eigenvalue weighted by molar-refractivity contribution is 0.285. The van der Waals surface area contributed by atoms with Crippen LogP contribution < -0.4 is 4.72 Å². The molecule has 0 aromatic carbocycles. The van der Waals surface area contributed by atoms with Crippen molar-refractivity contribution >= 4 is 32.7 Å². The number of aryl methyl sites for hydroxylation is 1. The predicted molar refractivity (Wildman–Crippen MR) is 82.8 cm³/mol. The van der Waals surface area contributed by atoms with Gasteiger partial charge in [0.05, 0.1) is 11.5 Å². The minimum atomic E-state index is -3.51. The number of thiophene rings is 2. The number of aliphatic hydroxyl groups excluding tert-OH is 1. The second kappa shape index (κ2) is 6.36. The van der Waals surface area contributed by atoms with Crippen molar-refractivity contribution in [3.8, 4) is 0 Å². The van der Waals surface area contributed by atoms with Crippen LogP contribution in [-0.2, 0) is 23.1 Å². The minimum absolute atomic E-state index is 0.135. The average molecular weight is 331 g/mol. The fraction of sp³-hybridized carbons (Fsp3) is 0.385. The summed E-state index contributed by atoms with van der Waals surface area (Å²) in [6, 6.07) is 5.40. The molecule has 0 aliphatic rings. The van der Waals surface area contributed by atoms with E-state index < -0.39 is 10.0 Å². The maximum atomic E-state index is 12.2. The fourth-order valence-electron chi connectivity index (χ4n) is 1.86. The second-order valence-electron chi connectivity index (χ2n) is 4.65. The van der Waals surface area contributed by atoms with Gasteiger partial charge >= 0.3 is 0 Å². The van der Waals surface area contributed by atoms with Crippen molar-refractivity contribution in [2.75, 3.05) is 0 Å². The molecule has 20 heavy (non-hydrogen) atoms. The minimum Gasteiger partial charge on any atom is -0.391 e. The summed E-state index contributed by atoms with van der Waals surface area (Å²) in [5.74, 6) is 0. The Morgan fingerprint density at radius 3 is 2.65 bits per heavy atom. The lowest BCUT2D eigenvalue weighted by Crippen LogP contribution is -2.33. The van der Waals surface area contributed by atoms with E-state index in [2.05, 4.69) is 4.72 Å². The third-order valence-electron chi connectivity index (χ3n) is 2.76. The van der Waals surface area contributed by atoms with Gasteiger partial charge in [0, 0.05) is 26.1 Å². The first-order chi connectivity index (χ1) is 9.40. The summed E-state index contributed by atoms with van der Waals surface area (Å²) < 4.78 is 27.0. The zero-order valence-electron chi connectivity index (χ0n) is 11.3. The van der Waals surface area contributed by atoms with Gasteiger partial charge in [0.2, 0.25) is 10.0 Å². The number of sulfonamides is 1. The van der Waals surface area contributed by atoms with Gasteiger partial charge in [-0.3, -0.25) is 0 Å². The van der Waals surface area contributed by atoms with E-state index in [0.717, 1.165) is 0 Å². The highest BCUT2D eigenvalue weighted by atomic mass is 32.2. The number of hydrogen-bond donors (Lipinski definition) is 2. The smallest absolute Gasteiger partial charge is 0.241 e. The maximum Gasteiger partial charge on any atom is 0.241 e. The highest BCUT2D eigenvalue weighted by Crippen LogP contribution is 2.21. The molecule has 2 N–H and O–H groups in total. The van der Waals surface area contributed by atoms with E-state index in [4.69, 9.17) is 5.11 Å². The molecule has 1 unspecified atom stereocenters. The molecular weight excluding hydrogens is 314 g/mol. The molecule has 0 aliphatic carbocycles. The lowest BCUT2D eigenvalue weighted by Gasteiger charge is -2.12. The molecule has 0 radical (unpaired) electrons. The maximum absolute atomic E-state index is 12.2. The van der Waals surface area contributed by atoms with Gasteiger partial charge in [-0.1, -0.05) is 0 Å². The van der Waals surface area contributed by atoms with Gasteiger partial charge in [0.1, 0.15) is 0 Å². The summed E-state index contributed by atoms with van der Waals surface area (Å²) >= 11 is 2.92. The van der Waals surface area contributed by atoms with Crippen molar-refractivity contribution in [3.63, 3.8) is 0 Å².